The van der Waals surface area contributed by atoms with Crippen LogP contribution in [0.2, 0.25) is 0 Å². The number of aliphatic hydroxyl groups is 2. The zero-order valence-corrected chi connectivity index (χ0v) is 10.0. The Hall–Kier alpha value is -1.20. The maximum Gasteiger partial charge on any atom is 0.147 e. The van der Waals surface area contributed by atoms with E-state index < -0.39 is 5.60 Å². The molecule has 1 aromatic heterocycles. The SMILES string of the molecule is CCN(CC(C)(C)O)c1cncc(CO)n1. The highest BCUT2D eigenvalue weighted by Crippen LogP contribution is 2.13. The number of hydrogen-bond donors (Lipinski definition) is 2. The van der Waals surface area contributed by atoms with Gasteiger partial charge in [-0.1, -0.05) is 0 Å². The van der Waals surface area contributed by atoms with Gasteiger partial charge < -0.3 is 15.1 Å². The molecule has 0 aliphatic rings. The molecule has 0 saturated heterocycles. The molecule has 0 spiro atoms. The van der Waals surface area contributed by atoms with Gasteiger partial charge in [0.2, 0.25) is 0 Å². The summed E-state index contributed by atoms with van der Waals surface area (Å²) in [6.45, 7) is 6.57. The highest BCUT2D eigenvalue weighted by atomic mass is 16.3. The van der Waals surface area contributed by atoms with Crippen molar-refractivity contribution < 1.29 is 10.2 Å². The number of hydrogen-bond acceptors (Lipinski definition) is 5. The smallest absolute Gasteiger partial charge is 0.147 e. The number of nitrogens with zero attached hydrogens (tertiary/aromatic N) is 3. The number of anilines is 1. The molecular formula is C11H19N3O2. The lowest BCUT2D eigenvalue weighted by atomic mass is 10.1. The fraction of sp³-hybridized carbons (Fsp3) is 0.636. The highest BCUT2D eigenvalue weighted by molar-refractivity contribution is 5.36. The molecule has 0 atom stereocenters. The fourth-order valence-electron chi connectivity index (χ4n) is 1.45. The fourth-order valence-corrected chi connectivity index (χ4v) is 1.45. The molecule has 0 aliphatic heterocycles. The molecule has 0 radical (unpaired) electrons. The molecule has 0 amide bonds. The molecule has 0 aliphatic carbocycles. The van der Waals surface area contributed by atoms with E-state index in [1.165, 1.54) is 6.20 Å². The van der Waals surface area contributed by atoms with Crippen LogP contribution in [0.5, 0.6) is 0 Å². The molecule has 5 heteroatoms. The van der Waals surface area contributed by atoms with E-state index in [1.54, 1.807) is 20.0 Å². The third-order valence-electron chi connectivity index (χ3n) is 2.12. The summed E-state index contributed by atoms with van der Waals surface area (Å²) in [5.41, 5.74) is -0.251. The summed E-state index contributed by atoms with van der Waals surface area (Å²) in [5, 5.41) is 18.7. The standard InChI is InChI=1S/C11H19N3O2/c1-4-14(8-11(2,3)16)10-6-12-5-9(7-15)13-10/h5-6,15-16H,4,7-8H2,1-3H3. The van der Waals surface area contributed by atoms with E-state index in [0.717, 1.165) is 6.54 Å². The van der Waals surface area contributed by atoms with Crippen LogP contribution < -0.4 is 4.90 Å². The first-order valence-electron chi connectivity index (χ1n) is 5.35. The molecule has 0 unspecified atom stereocenters. The Bertz CT molecular complexity index is 336. The molecule has 16 heavy (non-hydrogen) atoms. The van der Waals surface area contributed by atoms with Crippen LogP contribution in [0.3, 0.4) is 0 Å². The Kier molecular flexibility index (Phi) is 4.20. The van der Waals surface area contributed by atoms with Crippen LogP contribution in [0.25, 0.3) is 0 Å². The van der Waals surface area contributed by atoms with Crippen molar-refractivity contribution in [3.63, 3.8) is 0 Å². The molecule has 5 nitrogen and oxygen atoms in total. The van der Waals surface area contributed by atoms with Crippen molar-refractivity contribution in [2.45, 2.75) is 33.0 Å². The summed E-state index contributed by atoms with van der Waals surface area (Å²) in [6.07, 6.45) is 3.16. The number of aliphatic hydroxyl groups excluding tert-OH is 1. The minimum absolute atomic E-state index is 0.124. The van der Waals surface area contributed by atoms with Crippen molar-refractivity contribution in [3.05, 3.63) is 18.1 Å². The van der Waals surface area contributed by atoms with Crippen LogP contribution in [-0.2, 0) is 6.61 Å². The highest BCUT2D eigenvalue weighted by Gasteiger charge is 2.18. The summed E-state index contributed by atoms with van der Waals surface area (Å²) in [4.78, 5) is 10.2. The topological polar surface area (TPSA) is 69.5 Å². The molecule has 1 heterocycles. The van der Waals surface area contributed by atoms with Crippen LogP contribution in [-0.4, -0.2) is 38.9 Å². The average Bonchev–Trinajstić information content (AvgIpc) is 2.25. The summed E-state index contributed by atoms with van der Waals surface area (Å²) >= 11 is 0. The Labute approximate surface area is 95.8 Å². The Balaban J connectivity index is 2.86. The van der Waals surface area contributed by atoms with E-state index in [-0.39, 0.29) is 6.61 Å². The predicted octanol–water partition coefficient (Wildman–Crippen LogP) is 0.566. The van der Waals surface area contributed by atoms with E-state index >= 15 is 0 Å². The first-order valence-corrected chi connectivity index (χ1v) is 5.35. The van der Waals surface area contributed by atoms with Gasteiger partial charge in [-0.3, -0.25) is 4.98 Å². The Morgan fingerprint density at radius 1 is 1.38 bits per heavy atom. The lowest BCUT2D eigenvalue weighted by Crippen LogP contribution is -2.39. The third kappa shape index (κ3) is 3.75. The number of aromatic nitrogens is 2. The second kappa shape index (κ2) is 5.23. The van der Waals surface area contributed by atoms with Crippen LogP contribution in [0, 0.1) is 0 Å². The molecule has 90 valence electrons. The van der Waals surface area contributed by atoms with Gasteiger partial charge in [0, 0.05) is 13.1 Å². The maximum atomic E-state index is 9.77. The molecule has 0 aromatic carbocycles. The van der Waals surface area contributed by atoms with Gasteiger partial charge >= 0.3 is 0 Å². The van der Waals surface area contributed by atoms with Crippen LogP contribution >= 0.6 is 0 Å². The second-order valence-electron chi connectivity index (χ2n) is 4.35. The quantitative estimate of drug-likeness (QED) is 0.766. The second-order valence-corrected chi connectivity index (χ2v) is 4.35. The molecular weight excluding hydrogens is 206 g/mol. The lowest BCUT2D eigenvalue weighted by molar-refractivity contribution is 0.0874. The van der Waals surface area contributed by atoms with Gasteiger partial charge in [-0.2, -0.15) is 0 Å². The third-order valence-corrected chi connectivity index (χ3v) is 2.12. The van der Waals surface area contributed by atoms with E-state index in [4.69, 9.17) is 5.11 Å². The molecule has 2 N–H and O–H groups in total. The Morgan fingerprint density at radius 2 is 2.06 bits per heavy atom. The molecule has 1 aromatic rings. The van der Waals surface area contributed by atoms with Crippen molar-refractivity contribution in [1.29, 1.82) is 0 Å². The van der Waals surface area contributed by atoms with Crippen molar-refractivity contribution in [3.8, 4) is 0 Å². The van der Waals surface area contributed by atoms with Crippen molar-refractivity contribution in [2.24, 2.45) is 0 Å². The Morgan fingerprint density at radius 3 is 2.56 bits per heavy atom. The first kappa shape index (κ1) is 12.9. The van der Waals surface area contributed by atoms with Crippen LogP contribution in [0.15, 0.2) is 12.4 Å². The minimum atomic E-state index is -0.785. The summed E-state index contributed by atoms with van der Waals surface area (Å²) in [5.74, 6) is 0.677. The average molecular weight is 225 g/mol. The maximum absolute atomic E-state index is 9.77. The lowest BCUT2D eigenvalue weighted by Gasteiger charge is -2.28. The summed E-state index contributed by atoms with van der Waals surface area (Å²) in [7, 11) is 0. The monoisotopic (exact) mass is 225 g/mol. The van der Waals surface area contributed by atoms with Crippen LogP contribution in [0.1, 0.15) is 26.5 Å². The first-order chi connectivity index (χ1) is 7.46. The molecule has 0 saturated carbocycles. The van der Waals surface area contributed by atoms with Gasteiger partial charge in [0.1, 0.15) is 5.82 Å². The van der Waals surface area contributed by atoms with E-state index in [9.17, 15) is 5.11 Å². The number of rotatable bonds is 5. The van der Waals surface area contributed by atoms with Gasteiger partial charge in [-0.05, 0) is 20.8 Å². The predicted molar refractivity (Wildman–Crippen MR) is 62.1 cm³/mol. The van der Waals surface area contributed by atoms with Gasteiger partial charge in [0.05, 0.1) is 30.3 Å². The zero-order valence-electron chi connectivity index (χ0n) is 10.0. The van der Waals surface area contributed by atoms with Crippen molar-refractivity contribution in [2.75, 3.05) is 18.0 Å². The summed E-state index contributed by atoms with van der Waals surface area (Å²) < 4.78 is 0. The van der Waals surface area contributed by atoms with Gasteiger partial charge in [0.15, 0.2) is 0 Å². The van der Waals surface area contributed by atoms with Gasteiger partial charge in [-0.15, -0.1) is 0 Å². The van der Waals surface area contributed by atoms with Gasteiger partial charge in [-0.25, -0.2) is 4.98 Å². The minimum Gasteiger partial charge on any atom is -0.390 e. The van der Waals surface area contributed by atoms with Crippen molar-refractivity contribution in [1.82, 2.24) is 9.97 Å². The van der Waals surface area contributed by atoms with Crippen LogP contribution in [0.4, 0.5) is 5.82 Å². The zero-order chi connectivity index (χ0) is 12.2. The van der Waals surface area contributed by atoms with E-state index in [0.29, 0.717) is 18.1 Å². The van der Waals surface area contributed by atoms with E-state index in [1.807, 2.05) is 11.8 Å². The normalized spacial score (nSPS) is 11.6. The molecule has 1 rings (SSSR count). The molecule has 0 bridgehead atoms. The number of likely N-dealkylation sites (N-methyl/N-ethyl adjacent to an activating group) is 1. The van der Waals surface area contributed by atoms with Crippen molar-refractivity contribution >= 4 is 5.82 Å². The van der Waals surface area contributed by atoms with E-state index in [2.05, 4.69) is 9.97 Å². The largest absolute Gasteiger partial charge is 0.390 e. The summed E-state index contributed by atoms with van der Waals surface area (Å²) in [6, 6.07) is 0. The van der Waals surface area contributed by atoms with Gasteiger partial charge in [0.25, 0.3) is 0 Å². The molecule has 0 fully saturated rings.